The largest absolute Gasteiger partial charge is 0.493 e. The molecule has 1 unspecified atom stereocenters. The van der Waals surface area contributed by atoms with E-state index in [1.165, 1.54) is 21.3 Å². The van der Waals surface area contributed by atoms with Crippen molar-refractivity contribution >= 4 is 12.0 Å². The average Bonchev–Trinajstić information content (AvgIpc) is 3.40. The first-order valence-electron chi connectivity index (χ1n) is 8.12. The topological polar surface area (TPSA) is 86.3 Å². The number of cyclic esters (lactones) is 1. The first-order valence-corrected chi connectivity index (χ1v) is 8.12. The third-order valence-electron chi connectivity index (χ3n) is 4.31. The maximum Gasteiger partial charge on any atom is 0.410 e. The highest BCUT2D eigenvalue weighted by atomic mass is 16.6. The number of amides is 2. The van der Waals surface area contributed by atoms with E-state index in [0.717, 1.165) is 12.8 Å². The Morgan fingerprint density at radius 3 is 2.36 bits per heavy atom. The van der Waals surface area contributed by atoms with Gasteiger partial charge in [-0.05, 0) is 25.0 Å². The van der Waals surface area contributed by atoms with Crippen LogP contribution >= 0.6 is 0 Å². The lowest BCUT2D eigenvalue weighted by Gasteiger charge is -2.15. The Balaban J connectivity index is 1.64. The van der Waals surface area contributed by atoms with E-state index in [1.807, 2.05) is 0 Å². The molecule has 1 aliphatic heterocycles. The Morgan fingerprint density at radius 1 is 1.20 bits per heavy atom. The molecular weight excluding hydrogens is 328 g/mol. The van der Waals surface area contributed by atoms with Gasteiger partial charge in [-0.3, -0.25) is 4.79 Å². The number of carbonyl (C=O) groups is 2. The summed E-state index contributed by atoms with van der Waals surface area (Å²) in [6, 6.07) is 3.46. The predicted octanol–water partition coefficient (Wildman–Crippen LogP) is 1.43. The summed E-state index contributed by atoms with van der Waals surface area (Å²) in [5.41, 5.74) is 0.373. The standard InChI is InChI=1S/C17H22N2O6/c1-22-13-6-10(7-14(23-2)15(13)24-3)16(20)18-8-12-9-19(11-4-5-11)17(21)25-12/h6-7,11-12H,4-5,8-9H2,1-3H3,(H,18,20). The van der Waals surface area contributed by atoms with Crippen LogP contribution in [0.1, 0.15) is 23.2 Å². The molecule has 8 heteroatoms. The predicted molar refractivity (Wildman–Crippen MR) is 88.4 cm³/mol. The maximum atomic E-state index is 12.4. The van der Waals surface area contributed by atoms with E-state index in [4.69, 9.17) is 18.9 Å². The van der Waals surface area contributed by atoms with Crippen LogP contribution in [0.25, 0.3) is 0 Å². The van der Waals surface area contributed by atoms with Crippen molar-refractivity contribution in [2.45, 2.75) is 25.0 Å². The molecule has 1 saturated carbocycles. The smallest absolute Gasteiger partial charge is 0.410 e. The van der Waals surface area contributed by atoms with Gasteiger partial charge in [0.25, 0.3) is 5.91 Å². The van der Waals surface area contributed by atoms with Crippen LogP contribution in [0.15, 0.2) is 12.1 Å². The van der Waals surface area contributed by atoms with E-state index in [2.05, 4.69) is 5.32 Å². The molecule has 0 spiro atoms. The zero-order valence-corrected chi connectivity index (χ0v) is 14.5. The van der Waals surface area contributed by atoms with Crippen molar-refractivity contribution in [2.24, 2.45) is 0 Å². The van der Waals surface area contributed by atoms with E-state index in [0.29, 0.717) is 35.4 Å². The molecule has 2 aliphatic rings. The highest BCUT2D eigenvalue weighted by Gasteiger charge is 2.40. The lowest BCUT2D eigenvalue weighted by Crippen LogP contribution is -2.35. The Kier molecular flexibility index (Phi) is 4.87. The molecule has 0 radical (unpaired) electrons. The first-order chi connectivity index (χ1) is 12.1. The van der Waals surface area contributed by atoms with Gasteiger partial charge < -0.3 is 29.2 Å². The van der Waals surface area contributed by atoms with Crippen molar-refractivity contribution in [3.63, 3.8) is 0 Å². The first kappa shape index (κ1) is 17.2. The number of ether oxygens (including phenoxy) is 4. The molecule has 1 heterocycles. The highest BCUT2D eigenvalue weighted by molar-refractivity contribution is 5.95. The Bertz CT molecular complexity index is 648. The quantitative estimate of drug-likeness (QED) is 0.800. The number of carbonyl (C=O) groups excluding carboxylic acids is 2. The molecule has 2 fully saturated rings. The van der Waals surface area contributed by atoms with Crippen LogP contribution in [-0.4, -0.2) is 63.5 Å². The summed E-state index contributed by atoms with van der Waals surface area (Å²) in [6.45, 7) is 0.767. The SMILES string of the molecule is COc1cc(C(=O)NCC2CN(C3CC3)C(=O)O2)cc(OC)c1OC. The van der Waals surface area contributed by atoms with Crippen molar-refractivity contribution in [3.8, 4) is 17.2 Å². The minimum atomic E-state index is -0.334. The number of nitrogens with zero attached hydrogens (tertiary/aromatic N) is 1. The molecule has 1 atom stereocenters. The summed E-state index contributed by atoms with van der Waals surface area (Å²) in [4.78, 5) is 25.9. The fourth-order valence-corrected chi connectivity index (χ4v) is 2.85. The minimum Gasteiger partial charge on any atom is -0.493 e. The van der Waals surface area contributed by atoms with Crippen molar-refractivity contribution < 1.29 is 28.5 Å². The van der Waals surface area contributed by atoms with Gasteiger partial charge in [0.05, 0.1) is 34.4 Å². The number of nitrogens with one attached hydrogen (secondary N) is 1. The Morgan fingerprint density at radius 2 is 1.84 bits per heavy atom. The van der Waals surface area contributed by atoms with Crippen LogP contribution in [0.4, 0.5) is 4.79 Å². The third-order valence-corrected chi connectivity index (χ3v) is 4.31. The molecule has 136 valence electrons. The summed E-state index contributed by atoms with van der Waals surface area (Å²) in [5, 5.41) is 2.79. The second-order valence-corrected chi connectivity index (χ2v) is 6.01. The molecule has 25 heavy (non-hydrogen) atoms. The number of hydrogen-bond acceptors (Lipinski definition) is 6. The van der Waals surface area contributed by atoms with Crippen LogP contribution in [-0.2, 0) is 4.74 Å². The second-order valence-electron chi connectivity index (χ2n) is 6.01. The number of methoxy groups -OCH3 is 3. The summed E-state index contributed by atoms with van der Waals surface area (Å²) >= 11 is 0. The monoisotopic (exact) mass is 350 g/mol. The van der Waals surface area contributed by atoms with Gasteiger partial charge in [-0.1, -0.05) is 0 Å². The Labute approximate surface area is 146 Å². The van der Waals surface area contributed by atoms with E-state index < -0.39 is 0 Å². The zero-order chi connectivity index (χ0) is 18.0. The number of benzene rings is 1. The van der Waals surface area contributed by atoms with Crippen molar-refractivity contribution in [3.05, 3.63) is 17.7 Å². The normalized spacial score (nSPS) is 19.4. The van der Waals surface area contributed by atoms with Crippen molar-refractivity contribution in [2.75, 3.05) is 34.4 Å². The van der Waals surface area contributed by atoms with Crippen molar-refractivity contribution in [1.29, 1.82) is 0 Å². The molecular formula is C17H22N2O6. The molecule has 1 aromatic carbocycles. The van der Waals surface area contributed by atoms with Gasteiger partial charge in [0.1, 0.15) is 6.10 Å². The van der Waals surface area contributed by atoms with Crippen LogP contribution in [0.3, 0.4) is 0 Å². The van der Waals surface area contributed by atoms with Gasteiger partial charge in [-0.25, -0.2) is 4.79 Å². The molecule has 1 aliphatic carbocycles. The van der Waals surface area contributed by atoms with Crippen LogP contribution in [0, 0.1) is 0 Å². The third kappa shape index (κ3) is 3.57. The van der Waals surface area contributed by atoms with E-state index >= 15 is 0 Å². The fraction of sp³-hybridized carbons (Fsp3) is 0.529. The lowest BCUT2D eigenvalue weighted by atomic mass is 10.1. The molecule has 1 aromatic rings. The van der Waals surface area contributed by atoms with Gasteiger partial charge >= 0.3 is 6.09 Å². The molecule has 2 amide bonds. The van der Waals surface area contributed by atoms with E-state index in [-0.39, 0.29) is 24.6 Å². The number of hydrogen-bond donors (Lipinski definition) is 1. The summed E-state index contributed by atoms with van der Waals surface area (Å²) < 4.78 is 21.0. The molecule has 8 nitrogen and oxygen atoms in total. The summed E-state index contributed by atoms with van der Waals surface area (Å²) in [6.07, 6.45) is 1.42. The zero-order valence-electron chi connectivity index (χ0n) is 14.5. The summed E-state index contributed by atoms with van der Waals surface area (Å²) in [7, 11) is 4.48. The highest BCUT2D eigenvalue weighted by Crippen LogP contribution is 2.38. The summed E-state index contributed by atoms with van der Waals surface area (Å²) in [5.74, 6) is 0.921. The second kappa shape index (κ2) is 7.08. The molecule has 1 N–H and O–H groups in total. The van der Waals surface area contributed by atoms with Gasteiger partial charge in [-0.2, -0.15) is 0 Å². The van der Waals surface area contributed by atoms with E-state index in [1.54, 1.807) is 17.0 Å². The minimum absolute atomic E-state index is 0.254. The fourth-order valence-electron chi connectivity index (χ4n) is 2.85. The maximum absolute atomic E-state index is 12.4. The van der Waals surface area contributed by atoms with Gasteiger partial charge in [-0.15, -0.1) is 0 Å². The van der Waals surface area contributed by atoms with Gasteiger partial charge in [0.15, 0.2) is 11.5 Å². The Hall–Kier alpha value is -2.64. The van der Waals surface area contributed by atoms with Crippen LogP contribution in [0.2, 0.25) is 0 Å². The average molecular weight is 350 g/mol. The van der Waals surface area contributed by atoms with Crippen LogP contribution < -0.4 is 19.5 Å². The lowest BCUT2D eigenvalue weighted by molar-refractivity contribution is 0.0914. The van der Waals surface area contributed by atoms with Crippen molar-refractivity contribution in [1.82, 2.24) is 10.2 Å². The van der Waals surface area contributed by atoms with Crippen LogP contribution in [0.5, 0.6) is 17.2 Å². The van der Waals surface area contributed by atoms with Gasteiger partial charge in [0.2, 0.25) is 5.75 Å². The van der Waals surface area contributed by atoms with Gasteiger partial charge in [0, 0.05) is 11.6 Å². The molecule has 3 rings (SSSR count). The van der Waals surface area contributed by atoms with E-state index in [9.17, 15) is 9.59 Å². The molecule has 0 bridgehead atoms. The molecule has 1 saturated heterocycles. The number of rotatable bonds is 7. The molecule has 0 aromatic heterocycles.